The van der Waals surface area contributed by atoms with Gasteiger partial charge in [-0.3, -0.25) is 9.59 Å². The third-order valence-electron chi connectivity index (χ3n) is 2.83. The van der Waals surface area contributed by atoms with Crippen molar-refractivity contribution in [2.24, 2.45) is 0 Å². The van der Waals surface area contributed by atoms with Crippen LogP contribution in [0.3, 0.4) is 0 Å². The van der Waals surface area contributed by atoms with E-state index < -0.39 is 17.6 Å². The molecule has 0 unspecified atom stereocenters. The number of aromatic amines is 1. The van der Waals surface area contributed by atoms with Crippen molar-refractivity contribution in [2.75, 3.05) is 5.32 Å². The summed E-state index contributed by atoms with van der Waals surface area (Å²) in [6, 6.07) is 3.98. The van der Waals surface area contributed by atoms with Gasteiger partial charge >= 0.3 is 6.18 Å². The van der Waals surface area contributed by atoms with E-state index in [-0.39, 0.29) is 21.8 Å². The van der Waals surface area contributed by atoms with Crippen LogP contribution < -0.4 is 10.9 Å². The van der Waals surface area contributed by atoms with E-state index >= 15 is 0 Å². The number of halogens is 4. The lowest BCUT2D eigenvalue weighted by Gasteiger charge is -2.10. The molecule has 0 aliphatic carbocycles. The topological polar surface area (TPSA) is 62.0 Å². The number of benzene rings is 1. The third kappa shape index (κ3) is 3.67. The molecule has 0 atom stereocenters. The maximum atomic E-state index is 12.7. The normalized spacial score (nSPS) is 11.3. The highest BCUT2D eigenvalue weighted by molar-refractivity contribution is 6.31. The second-order valence-electron chi connectivity index (χ2n) is 4.58. The number of carbonyl (C=O) groups excluding carboxylic acids is 1. The zero-order chi connectivity index (χ0) is 16.5. The van der Waals surface area contributed by atoms with Gasteiger partial charge in [0.15, 0.2) is 0 Å². The Kier molecular flexibility index (Phi) is 4.27. The van der Waals surface area contributed by atoms with Gasteiger partial charge in [-0.15, -0.1) is 0 Å². The van der Waals surface area contributed by atoms with Crippen molar-refractivity contribution < 1.29 is 18.0 Å². The molecule has 8 heteroatoms. The predicted octanol–water partition coefficient (Wildman–Crippen LogP) is 3.61. The van der Waals surface area contributed by atoms with Crippen LogP contribution in [0.15, 0.2) is 35.3 Å². The molecular weight excluding hydrogens is 321 g/mol. The summed E-state index contributed by atoms with van der Waals surface area (Å²) in [5, 5.41) is 2.20. The summed E-state index contributed by atoms with van der Waals surface area (Å²) in [7, 11) is 0. The van der Waals surface area contributed by atoms with Crippen molar-refractivity contribution in [1.82, 2.24) is 4.98 Å². The molecule has 0 bridgehead atoms. The molecule has 1 heterocycles. The Bertz CT molecular complexity index is 784. The van der Waals surface area contributed by atoms with Gasteiger partial charge in [-0.05, 0) is 31.2 Å². The van der Waals surface area contributed by atoms with Gasteiger partial charge in [-0.25, -0.2) is 0 Å². The third-order valence-corrected chi connectivity index (χ3v) is 3.05. The molecule has 0 spiro atoms. The van der Waals surface area contributed by atoms with Crippen molar-refractivity contribution in [3.8, 4) is 0 Å². The van der Waals surface area contributed by atoms with Crippen LogP contribution in [0.1, 0.15) is 21.5 Å². The molecule has 0 aliphatic rings. The number of carbonyl (C=O) groups is 1. The quantitative estimate of drug-likeness (QED) is 0.883. The van der Waals surface area contributed by atoms with Crippen molar-refractivity contribution in [3.63, 3.8) is 0 Å². The molecule has 116 valence electrons. The number of amides is 1. The van der Waals surface area contributed by atoms with Crippen LogP contribution in [0.4, 0.5) is 18.9 Å². The summed E-state index contributed by atoms with van der Waals surface area (Å²) < 4.78 is 38.1. The first kappa shape index (κ1) is 16.1. The number of alkyl halides is 3. The minimum absolute atomic E-state index is 0.197. The number of aromatic nitrogens is 1. The lowest BCUT2D eigenvalue weighted by molar-refractivity contribution is -0.137. The molecule has 1 amide bonds. The first-order chi connectivity index (χ1) is 10.2. The Labute approximate surface area is 127 Å². The minimum atomic E-state index is -4.60. The molecular formula is C14H10ClF3N2O2. The number of hydrogen-bond donors (Lipinski definition) is 2. The van der Waals surface area contributed by atoms with Gasteiger partial charge < -0.3 is 10.3 Å². The Morgan fingerprint density at radius 2 is 1.91 bits per heavy atom. The molecule has 0 radical (unpaired) electrons. The number of anilines is 1. The molecule has 0 saturated heterocycles. The molecule has 4 nitrogen and oxygen atoms in total. The van der Waals surface area contributed by atoms with Gasteiger partial charge in [0.1, 0.15) is 0 Å². The number of aryl methyl sites for hydroxylation is 1. The lowest BCUT2D eigenvalue weighted by atomic mass is 10.1. The summed E-state index contributed by atoms with van der Waals surface area (Å²) >= 11 is 5.62. The van der Waals surface area contributed by atoms with E-state index in [9.17, 15) is 22.8 Å². The van der Waals surface area contributed by atoms with Gasteiger partial charge in [0.2, 0.25) is 0 Å². The number of H-pyrrole nitrogens is 1. The van der Waals surface area contributed by atoms with Crippen LogP contribution in [0.5, 0.6) is 0 Å². The predicted molar refractivity (Wildman–Crippen MR) is 76.2 cm³/mol. The summed E-state index contributed by atoms with van der Waals surface area (Å²) in [4.78, 5) is 25.6. The minimum Gasteiger partial charge on any atom is -0.327 e. The zero-order valence-corrected chi connectivity index (χ0v) is 12.0. The van der Waals surface area contributed by atoms with E-state index in [1.165, 1.54) is 19.2 Å². The Balaban J connectivity index is 2.31. The second-order valence-corrected chi connectivity index (χ2v) is 5.02. The summed E-state index contributed by atoms with van der Waals surface area (Å²) in [5.41, 5.74) is -0.943. The molecule has 0 saturated carbocycles. The highest BCUT2D eigenvalue weighted by Gasteiger charge is 2.31. The van der Waals surface area contributed by atoms with Gasteiger partial charge in [-0.2, -0.15) is 13.2 Å². The lowest BCUT2D eigenvalue weighted by Crippen LogP contribution is -2.16. The summed E-state index contributed by atoms with van der Waals surface area (Å²) in [5.74, 6) is -0.764. The highest BCUT2D eigenvalue weighted by Crippen LogP contribution is 2.32. The van der Waals surface area contributed by atoms with Gasteiger partial charge in [0.25, 0.3) is 11.5 Å². The molecule has 22 heavy (non-hydrogen) atoms. The van der Waals surface area contributed by atoms with Gasteiger partial charge in [-0.1, -0.05) is 11.6 Å². The van der Waals surface area contributed by atoms with E-state index in [4.69, 9.17) is 11.6 Å². The average Bonchev–Trinajstić information content (AvgIpc) is 2.41. The molecule has 1 aromatic carbocycles. The van der Waals surface area contributed by atoms with Crippen molar-refractivity contribution in [1.29, 1.82) is 0 Å². The standard InChI is InChI=1S/C14H10ClF3N2O2/c1-7-2-11(6-19-12(7)21)20-13(22)8-3-9(14(16,17)18)5-10(15)4-8/h2-6H,1H3,(H,19,21)(H,20,22). The van der Waals surface area contributed by atoms with Crippen LogP contribution in [0, 0.1) is 6.92 Å². The average molecular weight is 331 g/mol. The zero-order valence-electron chi connectivity index (χ0n) is 11.2. The molecule has 2 N–H and O–H groups in total. The maximum Gasteiger partial charge on any atom is 0.416 e. The van der Waals surface area contributed by atoms with Crippen LogP contribution in [0.2, 0.25) is 5.02 Å². The van der Waals surface area contributed by atoms with Crippen molar-refractivity contribution >= 4 is 23.2 Å². The smallest absolute Gasteiger partial charge is 0.327 e. The fourth-order valence-corrected chi connectivity index (χ4v) is 1.99. The first-order valence-corrected chi connectivity index (χ1v) is 6.43. The molecule has 2 aromatic rings. The van der Waals surface area contributed by atoms with Crippen LogP contribution >= 0.6 is 11.6 Å². The van der Waals surface area contributed by atoms with E-state index in [1.54, 1.807) is 0 Å². The largest absolute Gasteiger partial charge is 0.416 e. The highest BCUT2D eigenvalue weighted by atomic mass is 35.5. The van der Waals surface area contributed by atoms with Crippen molar-refractivity contribution in [3.05, 3.63) is 62.5 Å². The molecule has 0 aliphatic heterocycles. The number of nitrogens with one attached hydrogen (secondary N) is 2. The number of hydrogen-bond acceptors (Lipinski definition) is 2. The van der Waals surface area contributed by atoms with E-state index in [1.807, 2.05) is 0 Å². The van der Waals surface area contributed by atoms with Crippen LogP contribution in [0.25, 0.3) is 0 Å². The summed E-state index contributed by atoms with van der Waals surface area (Å²) in [6.45, 7) is 1.54. The second kappa shape index (κ2) is 5.84. The molecule has 1 aromatic heterocycles. The van der Waals surface area contributed by atoms with Crippen LogP contribution in [-0.4, -0.2) is 10.9 Å². The van der Waals surface area contributed by atoms with Gasteiger partial charge in [0.05, 0.1) is 11.3 Å². The van der Waals surface area contributed by atoms with Crippen LogP contribution in [-0.2, 0) is 6.18 Å². The monoisotopic (exact) mass is 330 g/mol. The fourth-order valence-electron chi connectivity index (χ4n) is 1.76. The molecule has 0 fully saturated rings. The van der Waals surface area contributed by atoms with E-state index in [0.717, 1.165) is 12.1 Å². The van der Waals surface area contributed by atoms with E-state index in [0.29, 0.717) is 11.6 Å². The Morgan fingerprint density at radius 1 is 1.23 bits per heavy atom. The molecule has 2 rings (SSSR count). The fraction of sp³-hybridized carbons (Fsp3) is 0.143. The first-order valence-electron chi connectivity index (χ1n) is 6.05. The van der Waals surface area contributed by atoms with E-state index in [2.05, 4.69) is 10.3 Å². The van der Waals surface area contributed by atoms with Crippen molar-refractivity contribution in [2.45, 2.75) is 13.1 Å². The maximum absolute atomic E-state index is 12.7. The Morgan fingerprint density at radius 3 is 2.50 bits per heavy atom. The SMILES string of the molecule is Cc1cc(NC(=O)c2cc(Cl)cc(C(F)(F)F)c2)c[nH]c1=O. The summed E-state index contributed by atoms with van der Waals surface area (Å²) in [6.07, 6.45) is -3.35. The Hall–Kier alpha value is -2.28. The number of pyridine rings is 1. The van der Waals surface area contributed by atoms with Gasteiger partial charge in [0, 0.05) is 22.3 Å². The number of rotatable bonds is 2.